The summed E-state index contributed by atoms with van der Waals surface area (Å²) >= 11 is 0. The van der Waals surface area contributed by atoms with Crippen molar-refractivity contribution < 1.29 is 13.2 Å². The number of hydrogen-bond acceptors (Lipinski definition) is 5. The Hall–Kier alpha value is -3.82. The van der Waals surface area contributed by atoms with E-state index in [2.05, 4.69) is 20.1 Å². The first-order chi connectivity index (χ1) is 15.9. The first-order valence-corrected chi connectivity index (χ1v) is 11.9. The lowest BCUT2D eigenvalue weighted by Gasteiger charge is -2.12. The van der Waals surface area contributed by atoms with Crippen molar-refractivity contribution in [1.29, 1.82) is 0 Å². The summed E-state index contributed by atoms with van der Waals surface area (Å²) in [5, 5.41) is 7.40. The van der Waals surface area contributed by atoms with Crippen molar-refractivity contribution in [2.75, 3.05) is 18.1 Å². The first-order valence-electron chi connectivity index (χ1n) is 10.3. The molecule has 0 saturated heterocycles. The molecule has 0 aliphatic carbocycles. The zero-order valence-corrected chi connectivity index (χ0v) is 18.8. The maximum atomic E-state index is 12.4. The second kappa shape index (κ2) is 9.76. The second-order valence-corrected chi connectivity index (χ2v) is 9.32. The number of amides is 1. The molecule has 1 amide bonds. The van der Waals surface area contributed by atoms with Crippen LogP contribution in [0.3, 0.4) is 0 Å². The van der Waals surface area contributed by atoms with Crippen LogP contribution in [0.1, 0.15) is 5.56 Å². The molecule has 4 aromatic rings. The molecule has 9 heteroatoms. The van der Waals surface area contributed by atoms with Gasteiger partial charge in [0.15, 0.2) is 0 Å². The van der Waals surface area contributed by atoms with Gasteiger partial charge in [0.05, 0.1) is 17.9 Å². The van der Waals surface area contributed by atoms with E-state index >= 15 is 0 Å². The van der Waals surface area contributed by atoms with Crippen molar-refractivity contribution in [3.05, 3.63) is 90.9 Å². The summed E-state index contributed by atoms with van der Waals surface area (Å²) in [7, 11) is -2.41. The number of anilines is 1. The summed E-state index contributed by atoms with van der Waals surface area (Å²) in [4.78, 5) is 16.5. The van der Waals surface area contributed by atoms with Gasteiger partial charge < -0.3 is 5.32 Å². The van der Waals surface area contributed by atoms with Crippen molar-refractivity contribution >= 4 is 21.6 Å². The quantitative estimate of drug-likeness (QED) is 0.419. The molecular formula is C24H23N5O3S. The van der Waals surface area contributed by atoms with Crippen LogP contribution >= 0.6 is 0 Å². The number of rotatable bonds is 8. The smallest absolute Gasteiger partial charge is 0.241 e. The predicted octanol–water partition coefficient (Wildman–Crippen LogP) is 3.15. The second-order valence-electron chi connectivity index (χ2n) is 7.40. The number of nitrogens with zero attached hydrogens (tertiary/aromatic N) is 3. The zero-order valence-electron chi connectivity index (χ0n) is 18.0. The van der Waals surface area contributed by atoms with Gasteiger partial charge in [0.2, 0.25) is 15.9 Å². The van der Waals surface area contributed by atoms with Crippen LogP contribution in [-0.2, 0) is 21.4 Å². The van der Waals surface area contributed by atoms with Crippen molar-refractivity contribution in [3.63, 3.8) is 0 Å². The molecule has 0 aliphatic rings. The van der Waals surface area contributed by atoms with Crippen LogP contribution in [-0.4, -0.2) is 41.9 Å². The average molecular weight is 462 g/mol. The summed E-state index contributed by atoms with van der Waals surface area (Å²) in [5.74, 6) is -1.30. The van der Waals surface area contributed by atoms with E-state index in [1.54, 1.807) is 23.1 Å². The summed E-state index contributed by atoms with van der Waals surface area (Å²) in [6.45, 7) is 0.550. The van der Waals surface area contributed by atoms with Crippen LogP contribution in [0, 0.1) is 0 Å². The molecule has 0 radical (unpaired) electrons. The van der Waals surface area contributed by atoms with E-state index in [0.29, 0.717) is 23.5 Å². The van der Waals surface area contributed by atoms with Gasteiger partial charge in [-0.05, 0) is 48.0 Å². The minimum atomic E-state index is -3.69. The molecule has 0 fully saturated rings. The van der Waals surface area contributed by atoms with Crippen LogP contribution in [0.2, 0.25) is 0 Å². The van der Waals surface area contributed by atoms with Gasteiger partial charge in [0.1, 0.15) is 5.75 Å². The molecule has 168 valence electrons. The highest BCUT2D eigenvalue weighted by atomic mass is 32.2. The number of aromatic nitrogens is 3. The lowest BCUT2D eigenvalue weighted by atomic mass is 10.00. The van der Waals surface area contributed by atoms with E-state index in [4.69, 9.17) is 0 Å². The summed E-state index contributed by atoms with van der Waals surface area (Å²) in [5.41, 5.74) is 4.81. The molecule has 4 rings (SSSR count). The van der Waals surface area contributed by atoms with Gasteiger partial charge in [-0.15, -0.1) is 0 Å². The van der Waals surface area contributed by atoms with Crippen molar-refractivity contribution in [2.45, 2.75) is 6.54 Å². The Morgan fingerprint density at radius 3 is 2.55 bits per heavy atom. The van der Waals surface area contributed by atoms with Gasteiger partial charge in [-0.25, -0.2) is 13.1 Å². The third-order valence-electron chi connectivity index (χ3n) is 5.02. The Balaban J connectivity index is 1.68. The minimum absolute atomic E-state index is 0.484. The lowest BCUT2D eigenvalue weighted by molar-refractivity contribution is -0.113. The van der Waals surface area contributed by atoms with E-state index in [9.17, 15) is 13.2 Å². The number of pyridine rings is 1. The number of sulfonamides is 1. The molecule has 33 heavy (non-hydrogen) atoms. The number of carbonyl (C=O) groups excluding carboxylic acids is 1. The number of hydrogen-bond donors (Lipinski definition) is 2. The topological polar surface area (TPSA) is 106 Å². The molecular weight excluding hydrogens is 438 g/mol. The van der Waals surface area contributed by atoms with Gasteiger partial charge in [0.25, 0.3) is 0 Å². The fourth-order valence-electron chi connectivity index (χ4n) is 3.38. The van der Waals surface area contributed by atoms with Crippen LogP contribution in [0.4, 0.5) is 5.69 Å². The molecule has 0 bridgehead atoms. The van der Waals surface area contributed by atoms with Crippen LogP contribution in [0.25, 0.3) is 22.4 Å². The fourth-order valence-corrected chi connectivity index (χ4v) is 3.94. The van der Waals surface area contributed by atoms with E-state index < -0.39 is 21.7 Å². The molecule has 2 N–H and O–H groups in total. The van der Waals surface area contributed by atoms with Gasteiger partial charge in [0, 0.05) is 24.2 Å². The molecule has 2 aromatic heterocycles. The maximum Gasteiger partial charge on any atom is 0.241 e. The third kappa shape index (κ3) is 5.71. The van der Waals surface area contributed by atoms with Crippen molar-refractivity contribution in [1.82, 2.24) is 19.5 Å². The van der Waals surface area contributed by atoms with E-state index in [1.807, 2.05) is 66.9 Å². The SMILES string of the molecule is CNS(=O)(=O)CC(=O)Nc1ccc(-c2ccccc2)cc1-c1ccn(Cc2cccnc2)n1. The molecule has 0 unspecified atom stereocenters. The molecule has 2 heterocycles. The number of nitrogens with one attached hydrogen (secondary N) is 2. The molecule has 0 atom stereocenters. The third-order valence-corrected chi connectivity index (χ3v) is 6.28. The van der Waals surface area contributed by atoms with Crippen LogP contribution in [0.15, 0.2) is 85.3 Å². The maximum absolute atomic E-state index is 12.4. The Kier molecular flexibility index (Phi) is 6.62. The van der Waals surface area contributed by atoms with Gasteiger partial charge in [-0.3, -0.25) is 14.5 Å². The standard InChI is InChI=1S/C24H23N5O3S/c1-25-33(31,32)17-24(30)27-22-10-9-20(19-7-3-2-4-8-19)14-21(22)23-11-13-29(28-23)16-18-6-5-12-26-15-18/h2-15,25H,16-17H2,1H3,(H,27,30). The highest BCUT2D eigenvalue weighted by Gasteiger charge is 2.17. The van der Waals surface area contributed by atoms with Gasteiger partial charge in [-0.2, -0.15) is 5.10 Å². The molecule has 2 aromatic carbocycles. The average Bonchev–Trinajstić information content (AvgIpc) is 3.28. The minimum Gasteiger partial charge on any atom is -0.325 e. The fraction of sp³-hybridized carbons (Fsp3) is 0.125. The van der Waals surface area contributed by atoms with E-state index in [0.717, 1.165) is 16.7 Å². The van der Waals surface area contributed by atoms with E-state index in [1.165, 1.54) is 7.05 Å². The predicted molar refractivity (Wildman–Crippen MR) is 128 cm³/mol. The highest BCUT2D eigenvalue weighted by molar-refractivity contribution is 7.90. The van der Waals surface area contributed by atoms with E-state index in [-0.39, 0.29) is 0 Å². The largest absolute Gasteiger partial charge is 0.325 e. The molecule has 0 aliphatic heterocycles. The van der Waals surface area contributed by atoms with Crippen molar-refractivity contribution in [2.24, 2.45) is 0 Å². The first kappa shape index (κ1) is 22.4. The zero-order chi connectivity index (χ0) is 23.3. The van der Waals surface area contributed by atoms with Crippen LogP contribution in [0.5, 0.6) is 0 Å². The Morgan fingerprint density at radius 2 is 1.82 bits per heavy atom. The number of benzene rings is 2. The lowest BCUT2D eigenvalue weighted by Crippen LogP contribution is -2.30. The highest BCUT2D eigenvalue weighted by Crippen LogP contribution is 2.32. The van der Waals surface area contributed by atoms with Crippen molar-refractivity contribution in [3.8, 4) is 22.4 Å². The van der Waals surface area contributed by atoms with Crippen LogP contribution < -0.4 is 10.0 Å². The normalized spacial score (nSPS) is 11.3. The Morgan fingerprint density at radius 1 is 1.00 bits per heavy atom. The summed E-state index contributed by atoms with van der Waals surface area (Å²) in [6, 6.07) is 21.1. The monoisotopic (exact) mass is 461 g/mol. The summed E-state index contributed by atoms with van der Waals surface area (Å²) < 4.78 is 27.5. The molecule has 0 spiro atoms. The Labute approximate surface area is 192 Å². The van der Waals surface area contributed by atoms with Gasteiger partial charge >= 0.3 is 0 Å². The van der Waals surface area contributed by atoms with Gasteiger partial charge in [-0.1, -0.05) is 42.5 Å². The number of carbonyl (C=O) groups is 1. The summed E-state index contributed by atoms with van der Waals surface area (Å²) in [6.07, 6.45) is 5.36. The molecule has 0 saturated carbocycles. The Bertz CT molecular complexity index is 1350. The molecule has 8 nitrogen and oxygen atoms in total.